The van der Waals surface area contributed by atoms with E-state index < -0.39 is 10.1 Å². The van der Waals surface area contributed by atoms with Crippen LogP contribution in [0.5, 0.6) is 0 Å². The summed E-state index contributed by atoms with van der Waals surface area (Å²) in [6.07, 6.45) is 7.22. The van der Waals surface area contributed by atoms with Crippen molar-refractivity contribution in [1.29, 1.82) is 0 Å². The van der Waals surface area contributed by atoms with Gasteiger partial charge in [-0.05, 0) is 76.7 Å². The van der Waals surface area contributed by atoms with Crippen LogP contribution in [0.4, 0.5) is 5.69 Å². The van der Waals surface area contributed by atoms with Gasteiger partial charge >= 0.3 is 0 Å². The Morgan fingerprint density at radius 3 is 2.18 bits per heavy atom. The molecule has 0 aliphatic carbocycles. The monoisotopic (exact) mass is 724 g/mol. The van der Waals surface area contributed by atoms with Gasteiger partial charge in [-0.1, -0.05) is 127 Å². The minimum Gasteiger partial charge on any atom is -0.744 e. The van der Waals surface area contributed by atoms with Crippen molar-refractivity contribution in [2.45, 2.75) is 42.5 Å². The second-order valence-corrected chi connectivity index (χ2v) is 16.3. The highest BCUT2D eigenvalue weighted by Gasteiger charge is 2.28. The fourth-order valence-corrected chi connectivity index (χ4v) is 9.75. The molecule has 8 rings (SSSR count). The van der Waals surface area contributed by atoms with E-state index in [4.69, 9.17) is 0 Å². The minimum atomic E-state index is -4.49. The maximum absolute atomic E-state index is 11.5. The van der Waals surface area contributed by atoms with Gasteiger partial charge in [0, 0.05) is 29.3 Å². The number of aromatic nitrogens is 1. The Bertz CT molecular complexity index is 2570. The average molecular weight is 725 g/mol. The molecule has 0 amide bonds. The first kappa shape index (κ1) is 33.4. The minimum absolute atomic E-state index is 0.201. The van der Waals surface area contributed by atoms with Gasteiger partial charge in [0.1, 0.15) is 14.8 Å². The summed E-state index contributed by atoms with van der Waals surface area (Å²) >= 11 is 3.64. The molecule has 8 heteroatoms. The molecule has 0 unspecified atom stereocenters. The van der Waals surface area contributed by atoms with Gasteiger partial charge in [0.05, 0.1) is 21.0 Å². The first-order valence-corrected chi connectivity index (χ1v) is 20.2. The number of benzene rings is 6. The number of anilines is 1. The lowest BCUT2D eigenvalue weighted by Crippen LogP contribution is -2.36. The molecule has 0 N–H and O–H groups in total. The van der Waals surface area contributed by atoms with Gasteiger partial charge in [-0.15, -0.1) is 0 Å². The molecule has 0 bridgehead atoms. The van der Waals surface area contributed by atoms with Crippen LogP contribution in [0.2, 0.25) is 0 Å². The van der Waals surface area contributed by atoms with E-state index in [2.05, 4.69) is 132 Å². The molecule has 0 saturated heterocycles. The molecule has 1 aliphatic heterocycles. The van der Waals surface area contributed by atoms with E-state index in [1.54, 1.807) is 23.5 Å². The number of rotatable bonds is 10. The molecule has 0 saturated carbocycles. The van der Waals surface area contributed by atoms with Crippen LogP contribution >= 0.6 is 23.1 Å². The molecule has 5 nitrogen and oxygen atoms in total. The van der Waals surface area contributed by atoms with E-state index in [1.807, 2.05) is 11.8 Å². The quantitative estimate of drug-likeness (QED) is 0.104. The van der Waals surface area contributed by atoms with Crippen molar-refractivity contribution in [3.05, 3.63) is 160 Å². The highest BCUT2D eigenvalue weighted by Crippen LogP contribution is 2.50. The van der Waals surface area contributed by atoms with E-state index in [-0.39, 0.29) is 4.90 Å². The van der Waals surface area contributed by atoms with Crippen molar-refractivity contribution in [3.63, 3.8) is 0 Å². The van der Waals surface area contributed by atoms with Gasteiger partial charge < -0.3 is 9.45 Å². The van der Waals surface area contributed by atoms with Gasteiger partial charge in [-0.2, -0.15) is 4.57 Å². The number of thioether (sulfide) groups is 1. The van der Waals surface area contributed by atoms with Crippen molar-refractivity contribution in [2.75, 3.05) is 11.4 Å². The topological polar surface area (TPSA) is 64.3 Å². The molecule has 0 spiro atoms. The standard InChI is InChI=1S/C43H36N2O3S3/c1-2-30(28-40-44(26-24-31-10-4-3-5-11-31)42-36-14-8-6-12-33(36)18-22-38(42)49-40)29-41-45(27-25-32-16-20-35(21-17-32)51(46,47)48)43-37-15-9-7-13-34(37)19-23-39(43)50-41/h3-23,28-29H,2,24-27H2,1H3. The van der Waals surface area contributed by atoms with Crippen LogP contribution in [0.1, 0.15) is 29.5 Å². The van der Waals surface area contributed by atoms with Crippen LogP contribution < -0.4 is 9.47 Å². The van der Waals surface area contributed by atoms with E-state index in [1.165, 1.54) is 70.6 Å². The Labute approximate surface area is 306 Å². The van der Waals surface area contributed by atoms with Crippen LogP contribution in [0.25, 0.3) is 37.8 Å². The van der Waals surface area contributed by atoms with Crippen molar-refractivity contribution < 1.29 is 17.5 Å². The Morgan fingerprint density at radius 1 is 0.765 bits per heavy atom. The Hall–Kier alpha value is -4.73. The Kier molecular flexibility index (Phi) is 9.25. The highest BCUT2D eigenvalue weighted by atomic mass is 32.2. The van der Waals surface area contributed by atoms with Crippen LogP contribution in [0.15, 0.2) is 154 Å². The van der Waals surface area contributed by atoms with Crippen LogP contribution in [0, 0.1) is 0 Å². The normalized spacial score (nSPS) is 14.3. The van der Waals surface area contributed by atoms with Gasteiger partial charge in [0.15, 0.2) is 6.54 Å². The zero-order chi connectivity index (χ0) is 35.0. The number of allylic oxidation sites excluding steroid dienone is 2. The van der Waals surface area contributed by atoms with Crippen LogP contribution in [-0.4, -0.2) is 19.5 Å². The SMILES string of the molecule is CCC(=Cc1sc2ccc3ccccc3c2[n+]1CCc1ccc(S(=O)(=O)[O-])cc1)C=C1Sc2ccc3ccccc3c2N1CCc1ccccc1. The molecule has 0 radical (unpaired) electrons. The van der Waals surface area contributed by atoms with Crippen molar-refractivity contribution in [3.8, 4) is 0 Å². The number of hydrogen-bond donors (Lipinski definition) is 0. The summed E-state index contributed by atoms with van der Waals surface area (Å²) in [5.74, 6) is 0. The predicted octanol–water partition coefficient (Wildman–Crippen LogP) is 10.1. The van der Waals surface area contributed by atoms with Gasteiger partial charge in [0.2, 0.25) is 5.52 Å². The van der Waals surface area contributed by atoms with Gasteiger partial charge in [-0.3, -0.25) is 0 Å². The predicted molar refractivity (Wildman–Crippen MR) is 211 cm³/mol. The first-order chi connectivity index (χ1) is 24.9. The molecule has 0 fully saturated rings. The fraction of sp³-hybridized carbons (Fsp3) is 0.140. The molecule has 254 valence electrons. The van der Waals surface area contributed by atoms with Gasteiger partial charge in [0.25, 0.3) is 5.01 Å². The van der Waals surface area contributed by atoms with Gasteiger partial charge in [-0.25, -0.2) is 8.42 Å². The highest BCUT2D eigenvalue weighted by molar-refractivity contribution is 8.03. The second-order valence-electron chi connectivity index (χ2n) is 12.8. The zero-order valence-electron chi connectivity index (χ0n) is 28.2. The number of aryl methyl sites for hydroxylation is 2. The molecule has 1 aromatic heterocycles. The fourth-order valence-electron chi connectivity index (χ4n) is 6.92. The third-order valence-corrected chi connectivity index (χ3v) is 12.6. The molecule has 0 atom stereocenters. The third-order valence-electron chi connectivity index (χ3n) is 9.56. The van der Waals surface area contributed by atoms with Crippen LogP contribution in [0.3, 0.4) is 0 Å². The first-order valence-electron chi connectivity index (χ1n) is 17.2. The zero-order valence-corrected chi connectivity index (χ0v) is 30.6. The van der Waals surface area contributed by atoms with E-state index in [0.29, 0.717) is 13.0 Å². The van der Waals surface area contributed by atoms with Crippen molar-refractivity contribution >= 4 is 76.7 Å². The maximum Gasteiger partial charge on any atom is 0.263 e. The summed E-state index contributed by atoms with van der Waals surface area (Å²) in [6, 6.07) is 43.1. The molecule has 6 aromatic carbocycles. The van der Waals surface area contributed by atoms with E-state index in [0.717, 1.165) is 30.0 Å². The molecule has 1 aliphatic rings. The lowest BCUT2D eigenvalue weighted by atomic mass is 10.1. The molecular weight excluding hydrogens is 689 g/mol. The summed E-state index contributed by atoms with van der Waals surface area (Å²) in [5.41, 5.74) is 6.03. The van der Waals surface area contributed by atoms with Crippen molar-refractivity contribution in [2.24, 2.45) is 0 Å². The Balaban J connectivity index is 1.20. The molecule has 51 heavy (non-hydrogen) atoms. The summed E-state index contributed by atoms with van der Waals surface area (Å²) < 4.78 is 38.2. The third kappa shape index (κ3) is 6.85. The summed E-state index contributed by atoms with van der Waals surface area (Å²) in [4.78, 5) is 3.59. The van der Waals surface area contributed by atoms with E-state index in [9.17, 15) is 13.0 Å². The van der Waals surface area contributed by atoms with E-state index >= 15 is 0 Å². The molecular formula is C43H36N2O3S3. The lowest BCUT2D eigenvalue weighted by Gasteiger charge is -2.22. The Morgan fingerprint density at radius 2 is 1.43 bits per heavy atom. The summed E-state index contributed by atoms with van der Waals surface area (Å²) in [7, 11) is -4.49. The lowest BCUT2D eigenvalue weighted by molar-refractivity contribution is -0.667. The number of hydrogen-bond acceptors (Lipinski definition) is 6. The van der Waals surface area contributed by atoms with Crippen LogP contribution in [-0.2, 0) is 29.5 Å². The number of fused-ring (bicyclic) bond motifs is 6. The average Bonchev–Trinajstić information content (AvgIpc) is 3.70. The smallest absolute Gasteiger partial charge is 0.263 e. The number of nitrogens with zero attached hydrogens (tertiary/aromatic N) is 2. The maximum atomic E-state index is 11.5. The largest absolute Gasteiger partial charge is 0.744 e. The molecule has 2 heterocycles. The molecule has 7 aromatic rings. The second kappa shape index (κ2) is 14.1. The number of thiazole rings is 1. The van der Waals surface area contributed by atoms with Crippen molar-refractivity contribution in [1.82, 2.24) is 0 Å². The summed E-state index contributed by atoms with van der Waals surface area (Å²) in [6.45, 7) is 3.80. The summed E-state index contributed by atoms with van der Waals surface area (Å²) in [5, 5.41) is 7.31.